The van der Waals surface area contributed by atoms with Crippen LogP contribution in [0.2, 0.25) is 0 Å². The van der Waals surface area contributed by atoms with Crippen molar-refractivity contribution in [1.82, 2.24) is 0 Å². The third kappa shape index (κ3) is 4.39. The molecule has 2 N–H and O–H groups in total. The maximum atomic E-state index is 12.6. The topological polar surface area (TPSA) is 75.6 Å². The first kappa shape index (κ1) is 17.5. The van der Waals surface area contributed by atoms with E-state index in [1.54, 1.807) is 29.5 Å². The molecule has 0 bridgehead atoms. The van der Waals surface area contributed by atoms with Gasteiger partial charge in [0, 0.05) is 10.6 Å². The van der Waals surface area contributed by atoms with E-state index in [4.69, 9.17) is 9.84 Å². The highest BCUT2D eigenvalue weighted by molar-refractivity contribution is 7.14. The lowest BCUT2D eigenvalue weighted by Crippen LogP contribution is -2.12. The molecule has 3 rings (SSSR count). The molecule has 25 heavy (non-hydrogen) atoms. The Morgan fingerprint density at radius 1 is 1.20 bits per heavy atom. The van der Waals surface area contributed by atoms with Crippen molar-refractivity contribution in [2.24, 2.45) is 0 Å². The molecule has 1 aromatic heterocycles. The molecule has 0 spiro atoms. The summed E-state index contributed by atoms with van der Waals surface area (Å²) >= 11 is 1.59. The largest absolute Gasteiger partial charge is 0.482 e. The van der Waals surface area contributed by atoms with Crippen molar-refractivity contribution in [2.75, 3.05) is 11.9 Å². The SMILES string of the molecule is Cc1cc(OCC(=O)O)ccc1NC(=O)c1cc2c(s1)CCCCC2. The normalized spacial score (nSPS) is 13.6. The summed E-state index contributed by atoms with van der Waals surface area (Å²) in [7, 11) is 0. The average Bonchev–Trinajstić information content (AvgIpc) is 2.86. The predicted octanol–water partition coefficient (Wildman–Crippen LogP) is 4.04. The summed E-state index contributed by atoms with van der Waals surface area (Å²) < 4.78 is 5.15. The Labute approximate surface area is 150 Å². The van der Waals surface area contributed by atoms with E-state index in [-0.39, 0.29) is 12.5 Å². The van der Waals surface area contributed by atoms with Crippen LogP contribution in [0, 0.1) is 6.92 Å². The Bertz CT molecular complexity index is 773. The van der Waals surface area contributed by atoms with Crippen molar-refractivity contribution in [3.8, 4) is 5.75 Å². The zero-order valence-corrected chi connectivity index (χ0v) is 14.9. The minimum Gasteiger partial charge on any atom is -0.482 e. The van der Waals surface area contributed by atoms with Gasteiger partial charge in [-0.2, -0.15) is 0 Å². The van der Waals surface area contributed by atoms with Crippen LogP contribution in [0.4, 0.5) is 5.69 Å². The van der Waals surface area contributed by atoms with Gasteiger partial charge < -0.3 is 15.2 Å². The summed E-state index contributed by atoms with van der Waals surface area (Å²) in [5, 5.41) is 11.6. The van der Waals surface area contributed by atoms with Crippen molar-refractivity contribution in [1.29, 1.82) is 0 Å². The van der Waals surface area contributed by atoms with Crippen LogP contribution in [-0.2, 0) is 17.6 Å². The predicted molar refractivity (Wildman–Crippen MR) is 97.8 cm³/mol. The van der Waals surface area contributed by atoms with Crippen LogP contribution >= 0.6 is 11.3 Å². The summed E-state index contributed by atoms with van der Waals surface area (Å²) in [6, 6.07) is 7.15. The fraction of sp³-hybridized carbons (Fsp3) is 0.368. The molecule has 5 nitrogen and oxygen atoms in total. The number of ether oxygens (including phenoxy) is 1. The Balaban J connectivity index is 1.69. The van der Waals surface area contributed by atoms with E-state index in [1.165, 1.54) is 29.7 Å². The van der Waals surface area contributed by atoms with Crippen LogP contribution in [-0.4, -0.2) is 23.6 Å². The third-order valence-electron chi connectivity index (χ3n) is 4.28. The second-order valence-corrected chi connectivity index (χ2v) is 7.37. The fourth-order valence-electron chi connectivity index (χ4n) is 2.97. The number of carboxylic acid groups (broad SMARTS) is 1. The highest BCUT2D eigenvalue weighted by atomic mass is 32.1. The number of carbonyl (C=O) groups excluding carboxylic acids is 1. The van der Waals surface area contributed by atoms with Gasteiger partial charge in [-0.3, -0.25) is 4.79 Å². The van der Waals surface area contributed by atoms with Crippen LogP contribution < -0.4 is 10.1 Å². The minimum absolute atomic E-state index is 0.0969. The van der Waals surface area contributed by atoms with E-state index >= 15 is 0 Å². The zero-order valence-electron chi connectivity index (χ0n) is 14.1. The number of benzene rings is 1. The summed E-state index contributed by atoms with van der Waals surface area (Å²) in [5.41, 5.74) is 2.85. The molecule has 0 aliphatic heterocycles. The second kappa shape index (κ2) is 7.70. The van der Waals surface area contributed by atoms with Crippen LogP contribution in [0.3, 0.4) is 0 Å². The van der Waals surface area contributed by atoms with E-state index in [2.05, 4.69) is 5.32 Å². The van der Waals surface area contributed by atoms with Crippen molar-refractivity contribution in [3.63, 3.8) is 0 Å². The molecule has 1 aromatic carbocycles. The lowest BCUT2D eigenvalue weighted by atomic mass is 10.1. The van der Waals surface area contributed by atoms with Gasteiger partial charge in [-0.1, -0.05) is 6.42 Å². The molecule has 0 saturated heterocycles. The monoisotopic (exact) mass is 359 g/mol. The van der Waals surface area contributed by atoms with Gasteiger partial charge in [-0.05, 0) is 68.0 Å². The van der Waals surface area contributed by atoms with Crippen molar-refractivity contribution in [2.45, 2.75) is 39.0 Å². The van der Waals surface area contributed by atoms with E-state index < -0.39 is 5.97 Å². The van der Waals surface area contributed by atoms with Gasteiger partial charge in [0.2, 0.25) is 0 Å². The van der Waals surface area contributed by atoms with Crippen molar-refractivity contribution >= 4 is 28.9 Å². The van der Waals surface area contributed by atoms with Gasteiger partial charge in [0.05, 0.1) is 4.88 Å². The average molecular weight is 359 g/mol. The molecule has 1 amide bonds. The molecule has 1 aliphatic rings. The van der Waals surface area contributed by atoms with Gasteiger partial charge in [-0.15, -0.1) is 11.3 Å². The molecular formula is C19H21NO4S. The van der Waals surface area contributed by atoms with E-state index in [0.717, 1.165) is 23.3 Å². The van der Waals surface area contributed by atoms with Gasteiger partial charge in [-0.25, -0.2) is 4.79 Å². The number of hydrogen-bond donors (Lipinski definition) is 2. The number of thiophene rings is 1. The molecule has 0 radical (unpaired) electrons. The highest BCUT2D eigenvalue weighted by Crippen LogP contribution is 2.30. The van der Waals surface area contributed by atoms with E-state index in [0.29, 0.717) is 11.4 Å². The number of carboxylic acids is 1. The smallest absolute Gasteiger partial charge is 0.341 e. The van der Waals surface area contributed by atoms with Gasteiger partial charge in [0.1, 0.15) is 5.75 Å². The number of hydrogen-bond acceptors (Lipinski definition) is 4. The van der Waals surface area contributed by atoms with E-state index in [1.807, 2.05) is 13.0 Å². The van der Waals surface area contributed by atoms with Crippen molar-refractivity contribution < 1.29 is 19.4 Å². The number of fused-ring (bicyclic) bond motifs is 1. The third-order valence-corrected chi connectivity index (χ3v) is 5.51. The maximum Gasteiger partial charge on any atom is 0.341 e. The first-order chi connectivity index (χ1) is 12.0. The van der Waals surface area contributed by atoms with Gasteiger partial charge >= 0.3 is 5.97 Å². The van der Waals surface area contributed by atoms with Crippen molar-refractivity contribution in [3.05, 3.63) is 45.1 Å². The molecule has 132 valence electrons. The Morgan fingerprint density at radius 3 is 2.76 bits per heavy atom. The summed E-state index contributed by atoms with van der Waals surface area (Å²) in [5.74, 6) is -0.645. The molecule has 0 unspecified atom stereocenters. The molecule has 1 aliphatic carbocycles. The summed E-state index contributed by atoms with van der Waals surface area (Å²) in [4.78, 5) is 25.2. The lowest BCUT2D eigenvalue weighted by Gasteiger charge is -2.10. The van der Waals surface area contributed by atoms with E-state index in [9.17, 15) is 9.59 Å². The standard InChI is InChI=1S/C19H21NO4S/c1-12-9-14(24-11-18(21)22)7-8-15(12)20-19(23)17-10-13-5-3-2-4-6-16(13)25-17/h7-10H,2-6,11H2,1H3,(H,20,23)(H,21,22). The molecule has 0 fully saturated rings. The van der Waals surface area contributed by atoms with Crippen LogP contribution in [0.15, 0.2) is 24.3 Å². The van der Waals surface area contributed by atoms with Crippen LogP contribution in [0.1, 0.15) is 44.9 Å². The number of rotatable bonds is 5. The Kier molecular flexibility index (Phi) is 5.38. The lowest BCUT2D eigenvalue weighted by molar-refractivity contribution is -0.139. The van der Waals surface area contributed by atoms with Crippen LogP contribution in [0.25, 0.3) is 0 Å². The quantitative estimate of drug-likeness (QED) is 0.790. The second-order valence-electron chi connectivity index (χ2n) is 6.23. The first-order valence-electron chi connectivity index (χ1n) is 8.41. The number of nitrogens with one attached hydrogen (secondary N) is 1. The summed E-state index contributed by atoms with van der Waals surface area (Å²) in [6.45, 7) is 1.47. The Hall–Kier alpha value is -2.34. The van der Waals surface area contributed by atoms with Gasteiger partial charge in [0.15, 0.2) is 6.61 Å². The number of aryl methyl sites for hydroxylation is 3. The highest BCUT2D eigenvalue weighted by Gasteiger charge is 2.17. The number of anilines is 1. The minimum atomic E-state index is -1.02. The maximum absolute atomic E-state index is 12.6. The number of amides is 1. The zero-order chi connectivity index (χ0) is 17.8. The first-order valence-corrected chi connectivity index (χ1v) is 9.23. The Morgan fingerprint density at radius 2 is 2.00 bits per heavy atom. The molecule has 6 heteroatoms. The molecule has 2 aromatic rings. The van der Waals surface area contributed by atoms with Gasteiger partial charge in [0.25, 0.3) is 5.91 Å². The molecule has 0 atom stereocenters. The number of aliphatic carboxylic acids is 1. The molecular weight excluding hydrogens is 338 g/mol. The fourth-order valence-corrected chi connectivity index (χ4v) is 4.12. The number of carbonyl (C=O) groups is 2. The van der Waals surface area contributed by atoms with Crippen LogP contribution in [0.5, 0.6) is 5.75 Å². The molecule has 1 heterocycles. The molecule has 0 saturated carbocycles. The summed E-state index contributed by atoms with van der Waals surface area (Å²) in [6.07, 6.45) is 5.79.